The van der Waals surface area contributed by atoms with E-state index in [0.717, 1.165) is 46.0 Å². The van der Waals surface area contributed by atoms with Crippen LogP contribution in [-0.2, 0) is 10.3 Å². The zero-order valence-electron chi connectivity index (χ0n) is 20.3. The lowest BCUT2D eigenvalue weighted by Gasteiger charge is -2.31. The summed E-state index contributed by atoms with van der Waals surface area (Å²) in [5.74, 6) is 1.59. The molecule has 0 saturated heterocycles. The predicted octanol–water partition coefficient (Wildman–Crippen LogP) is 7.17. The van der Waals surface area contributed by atoms with Crippen LogP contribution < -0.4 is 4.74 Å². The van der Waals surface area contributed by atoms with Crippen molar-refractivity contribution in [2.75, 3.05) is 20.2 Å². The summed E-state index contributed by atoms with van der Waals surface area (Å²) in [4.78, 5) is 6.66. The third kappa shape index (κ3) is 5.91. The van der Waals surface area contributed by atoms with Crippen molar-refractivity contribution in [3.05, 3.63) is 102 Å². The van der Waals surface area contributed by atoms with Gasteiger partial charge in [-0.15, -0.1) is 6.58 Å². The number of benzene rings is 3. The molecule has 0 amide bonds. The minimum absolute atomic E-state index is 0.448. The highest BCUT2D eigenvalue weighted by atomic mass is 16.5. The molecule has 3 rings (SSSR count). The number of nitrogens with zero attached hydrogens (tertiary/aromatic N) is 2. The Morgan fingerprint density at radius 1 is 0.970 bits per heavy atom. The van der Waals surface area contributed by atoms with Crippen molar-refractivity contribution in [1.82, 2.24) is 4.90 Å². The lowest BCUT2D eigenvalue weighted by molar-refractivity contribution is 0.0139. The van der Waals surface area contributed by atoms with Crippen molar-refractivity contribution in [3.8, 4) is 11.5 Å². The Morgan fingerprint density at radius 2 is 1.70 bits per heavy atom. The Bertz CT molecular complexity index is 1110. The Balaban J connectivity index is 1.91. The van der Waals surface area contributed by atoms with Crippen LogP contribution in [0.3, 0.4) is 0 Å². The molecule has 0 spiro atoms. The third-order valence-corrected chi connectivity index (χ3v) is 5.81. The van der Waals surface area contributed by atoms with E-state index in [2.05, 4.69) is 56.6 Å². The number of aryl methyl sites for hydroxylation is 2. The smallest absolute Gasteiger partial charge is 0.130 e. The van der Waals surface area contributed by atoms with Crippen LogP contribution in [0.5, 0.6) is 11.5 Å². The maximum Gasteiger partial charge on any atom is 0.130 e. The molecular weight excluding hydrogens is 408 g/mol. The number of hydrogen-bond acceptors (Lipinski definition) is 3. The largest absolute Gasteiger partial charge is 0.457 e. The monoisotopic (exact) mass is 442 g/mol. The van der Waals surface area contributed by atoms with Gasteiger partial charge in [0.15, 0.2) is 0 Å². The molecule has 0 N–H and O–H groups in total. The van der Waals surface area contributed by atoms with Crippen molar-refractivity contribution in [1.29, 1.82) is 0 Å². The molecule has 0 fully saturated rings. The fourth-order valence-corrected chi connectivity index (χ4v) is 3.56. The van der Waals surface area contributed by atoms with Gasteiger partial charge in [-0.2, -0.15) is 0 Å². The van der Waals surface area contributed by atoms with E-state index in [-0.39, 0.29) is 0 Å². The lowest BCUT2D eigenvalue weighted by atomic mass is 9.87. The predicted molar refractivity (Wildman–Crippen MR) is 138 cm³/mol. The van der Waals surface area contributed by atoms with Crippen molar-refractivity contribution in [2.45, 2.75) is 33.3 Å². The molecule has 0 aliphatic heterocycles. The molecule has 3 aromatic carbocycles. The van der Waals surface area contributed by atoms with E-state index in [1.54, 1.807) is 6.08 Å². The van der Waals surface area contributed by atoms with Crippen LogP contribution in [0, 0.1) is 13.8 Å². The molecule has 3 aromatic rings. The van der Waals surface area contributed by atoms with E-state index in [0.29, 0.717) is 6.61 Å². The molecule has 1 unspecified atom stereocenters. The highest BCUT2D eigenvalue weighted by Crippen LogP contribution is 2.37. The highest BCUT2D eigenvalue weighted by molar-refractivity contribution is 5.64. The maximum atomic E-state index is 6.33. The average Bonchev–Trinajstić information content (AvgIpc) is 2.84. The number of hydrogen-bond donors (Lipinski definition) is 0. The van der Waals surface area contributed by atoms with Gasteiger partial charge in [0.2, 0.25) is 0 Å². The van der Waals surface area contributed by atoms with Gasteiger partial charge in [-0.1, -0.05) is 48.5 Å². The van der Waals surface area contributed by atoms with Crippen molar-refractivity contribution < 1.29 is 9.47 Å². The van der Waals surface area contributed by atoms with Crippen molar-refractivity contribution in [2.24, 2.45) is 4.99 Å². The molecule has 0 aliphatic carbocycles. The number of ether oxygens (including phenoxy) is 2. The second-order valence-electron chi connectivity index (χ2n) is 8.35. The molecular formula is C29H34N2O2. The minimum Gasteiger partial charge on any atom is -0.457 e. The first-order chi connectivity index (χ1) is 15.9. The van der Waals surface area contributed by atoms with Gasteiger partial charge in [0.25, 0.3) is 0 Å². The molecule has 0 radical (unpaired) electrons. The van der Waals surface area contributed by atoms with Crippen LogP contribution >= 0.6 is 0 Å². The van der Waals surface area contributed by atoms with E-state index < -0.39 is 5.60 Å². The van der Waals surface area contributed by atoms with Gasteiger partial charge in [-0.25, -0.2) is 4.99 Å². The molecule has 0 bridgehead atoms. The standard InChI is InChI=1S/C29H34N2O2/c1-7-17-32-29(5,24-13-10-9-11-14-24)25-15-12-16-26(20-25)33-28-19-22(3)27(18-23(28)4)30-21-31(6)8-2/h7,9-16,18-21H,1,8,17H2,2-6H3/b30-21-. The van der Waals surface area contributed by atoms with Crippen molar-refractivity contribution in [3.63, 3.8) is 0 Å². The van der Waals surface area contributed by atoms with Gasteiger partial charge in [0.1, 0.15) is 17.1 Å². The van der Waals surface area contributed by atoms with Crippen LogP contribution in [-0.4, -0.2) is 31.4 Å². The average molecular weight is 443 g/mol. The first kappa shape index (κ1) is 24.3. The van der Waals surface area contributed by atoms with E-state index in [1.807, 2.05) is 67.7 Å². The van der Waals surface area contributed by atoms with Crippen LogP contribution in [0.4, 0.5) is 5.69 Å². The molecule has 0 saturated carbocycles. The van der Waals surface area contributed by atoms with E-state index in [4.69, 9.17) is 9.47 Å². The summed E-state index contributed by atoms with van der Waals surface area (Å²) in [6.07, 6.45) is 3.63. The fraction of sp³-hybridized carbons (Fsp3) is 0.276. The molecule has 172 valence electrons. The minimum atomic E-state index is -0.621. The van der Waals surface area contributed by atoms with Crippen LogP contribution in [0.1, 0.15) is 36.1 Å². The van der Waals surface area contributed by atoms with Gasteiger partial charge in [-0.3, -0.25) is 0 Å². The molecule has 0 heterocycles. The molecule has 4 nitrogen and oxygen atoms in total. The normalized spacial score (nSPS) is 13.0. The van der Waals surface area contributed by atoms with Gasteiger partial charge in [0, 0.05) is 13.6 Å². The SMILES string of the molecule is C=CCOC(C)(c1ccccc1)c1cccc(Oc2cc(C)c(/N=C\N(C)CC)cc2C)c1. The summed E-state index contributed by atoms with van der Waals surface area (Å²) in [6, 6.07) is 22.4. The summed E-state index contributed by atoms with van der Waals surface area (Å²) in [5, 5.41) is 0. The van der Waals surface area contributed by atoms with E-state index in [9.17, 15) is 0 Å². The fourth-order valence-electron chi connectivity index (χ4n) is 3.56. The van der Waals surface area contributed by atoms with Gasteiger partial charge in [0.05, 0.1) is 18.6 Å². The quantitative estimate of drug-likeness (QED) is 0.190. The second-order valence-corrected chi connectivity index (χ2v) is 8.35. The highest BCUT2D eigenvalue weighted by Gasteiger charge is 2.30. The molecule has 33 heavy (non-hydrogen) atoms. The van der Waals surface area contributed by atoms with Gasteiger partial charge < -0.3 is 14.4 Å². The number of aliphatic imine (C=N–C) groups is 1. The summed E-state index contributed by atoms with van der Waals surface area (Å²) < 4.78 is 12.6. The molecule has 1 atom stereocenters. The zero-order valence-corrected chi connectivity index (χ0v) is 20.3. The summed E-state index contributed by atoms with van der Waals surface area (Å²) in [5.41, 5.74) is 4.52. The summed E-state index contributed by atoms with van der Waals surface area (Å²) >= 11 is 0. The lowest BCUT2D eigenvalue weighted by Crippen LogP contribution is -2.27. The summed E-state index contributed by atoms with van der Waals surface area (Å²) in [6.45, 7) is 13.5. The first-order valence-corrected chi connectivity index (χ1v) is 11.3. The Labute approximate surface area is 198 Å². The Hall–Kier alpha value is -3.37. The van der Waals surface area contributed by atoms with Crippen LogP contribution in [0.2, 0.25) is 0 Å². The molecule has 0 aromatic heterocycles. The Morgan fingerprint density at radius 3 is 2.39 bits per heavy atom. The van der Waals surface area contributed by atoms with Crippen LogP contribution in [0.15, 0.2) is 84.4 Å². The Kier molecular flexibility index (Phi) is 8.07. The van der Waals surface area contributed by atoms with Gasteiger partial charge >= 0.3 is 0 Å². The van der Waals surface area contributed by atoms with E-state index in [1.165, 1.54) is 0 Å². The molecule has 0 aliphatic rings. The van der Waals surface area contributed by atoms with E-state index >= 15 is 0 Å². The molecule has 4 heteroatoms. The van der Waals surface area contributed by atoms with Crippen LogP contribution in [0.25, 0.3) is 0 Å². The van der Waals surface area contributed by atoms with Gasteiger partial charge in [-0.05, 0) is 74.2 Å². The zero-order chi connectivity index (χ0) is 23.8. The van der Waals surface area contributed by atoms with Crippen molar-refractivity contribution >= 4 is 12.0 Å². The number of rotatable bonds is 10. The first-order valence-electron chi connectivity index (χ1n) is 11.3. The third-order valence-electron chi connectivity index (χ3n) is 5.81. The second kappa shape index (κ2) is 11.0. The summed E-state index contributed by atoms with van der Waals surface area (Å²) in [7, 11) is 2.01. The maximum absolute atomic E-state index is 6.33. The topological polar surface area (TPSA) is 34.1 Å².